The van der Waals surface area contributed by atoms with E-state index in [0.717, 1.165) is 30.4 Å². The van der Waals surface area contributed by atoms with Gasteiger partial charge in [0.05, 0.1) is 35.0 Å². The summed E-state index contributed by atoms with van der Waals surface area (Å²) >= 11 is 0. The summed E-state index contributed by atoms with van der Waals surface area (Å²) in [6, 6.07) is 4.85. The molecular formula is C27H33N6O4+. The highest BCUT2D eigenvalue weighted by atomic mass is 16.5. The highest BCUT2D eigenvalue weighted by Crippen LogP contribution is 2.26. The third-order valence-electron chi connectivity index (χ3n) is 6.59. The number of carbonyl (C=O) groups excluding carboxylic acids is 1. The predicted molar refractivity (Wildman–Crippen MR) is 138 cm³/mol. The van der Waals surface area contributed by atoms with Crippen molar-refractivity contribution >= 4 is 23.5 Å². The Morgan fingerprint density at radius 2 is 2.00 bits per heavy atom. The monoisotopic (exact) mass is 505 g/mol. The minimum Gasteiger partial charge on any atom is -0.393 e. The Hall–Kier alpha value is -3.89. The van der Waals surface area contributed by atoms with Crippen LogP contribution >= 0.6 is 0 Å². The standard InChI is InChI=1S/C27H32N6O4/c1-17-5-4-6-24(33(17)37)26(35)31-23-11-19(14-29-13-18-7-9-21(34)10-8-18)22(28)12-25(23)32-16-20(15-30-32)27(2,3)36/h4-6,11-16,18,21,28,34,36H,7-10H2,1-3H3,(H-,31,35,37)/p+1. The van der Waals surface area contributed by atoms with Crippen LogP contribution in [-0.2, 0) is 5.60 Å². The van der Waals surface area contributed by atoms with Gasteiger partial charge in [-0.1, -0.05) is 0 Å². The van der Waals surface area contributed by atoms with Crippen molar-refractivity contribution in [1.82, 2.24) is 15.1 Å². The Bertz CT molecular complexity index is 1320. The third-order valence-corrected chi connectivity index (χ3v) is 6.59. The molecule has 0 aliphatic heterocycles. The van der Waals surface area contributed by atoms with Gasteiger partial charge in [-0.25, -0.2) is 4.68 Å². The largest absolute Gasteiger partial charge is 0.393 e. The summed E-state index contributed by atoms with van der Waals surface area (Å²) < 4.78 is 2.30. The lowest BCUT2D eigenvalue weighted by Gasteiger charge is -2.22. The first-order valence-electron chi connectivity index (χ1n) is 12.3. The number of rotatable bonds is 6. The first kappa shape index (κ1) is 26.2. The maximum atomic E-state index is 13.1. The van der Waals surface area contributed by atoms with E-state index in [1.807, 2.05) is 6.21 Å². The zero-order valence-corrected chi connectivity index (χ0v) is 21.2. The van der Waals surface area contributed by atoms with Gasteiger partial charge in [-0.2, -0.15) is 5.10 Å². The van der Waals surface area contributed by atoms with E-state index in [1.165, 1.54) is 16.9 Å². The van der Waals surface area contributed by atoms with Crippen molar-refractivity contribution in [3.05, 3.63) is 77.2 Å². The quantitative estimate of drug-likeness (QED) is 0.233. The van der Waals surface area contributed by atoms with Gasteiger partial charge >= 0.3 is 11.6 Å². The molecule has 0 bridgehead atoms. The second kappa shape index (κ2) is 10.6. The number of pyridine rings is 1. The van der Waals surface area contributed by atoms with Crippen molar-refractivity contribution in [2.75, 3.05) is 0 Å². The van der Waals surface area contributed by atoms with Gasteiger partial charge in [0.1, 0.15) is 0 Å². The van der Waals surface area contributed by atoms with Crippen molar-refractivity contribution < 1.29 is 24.9 Å². The Balaban J connectivity index is 1.65. The second-order valence-electron chi connectivity index (χ2n) is 10.0. The van der Waals surface area contributed by atoms with Crippen LogP contribution in [-0.4, -0.2) is 49.1 Å². The summed E-state index contributed by atoms with van der Waals surface area (Å²) in [5, 5.41) is 46.1. The highest BCUT2D eigenvalue weighted by molar-refractivity contribution is 6.14. The maximum Gasteiger partial charge on any atom is 0.325 e. The fourth-order valence-corrected chi connectivity index (χ4v) is 4.24. The molecule has 1 amide bonds. The van der Waals surface area contributed by atoms with Gasteiger partial charge in [-0.05, 0) is 63.7 Å². The van der Waals surface area contributed by atoms with Gasteiger partial charge < -0.3 is 20.9 Å². The summed E-state index contributed by atoms with van der Waals surface area (Å²) in [4.78, 5) is 17.5. The van der Waals surface area contributed by atoms with Crippen molar-refractivity contribution in [2.24, 2.45) is 10.9 Å². The van der Waals surface area contributed by atoms with Crippen molar-refractivity contribution in [2.45, 2.75) is 58.2 Å². The fourth-order valence-electron chi connectivity index (χ4n) is 4.24. The summed E-state index contributed by atoms with van der Waals surface area (Å²) in [6.07, 6.45) is 12.8. The average molecular weight is 506 g/mol. The van der Waals surface area contributed by atoms with Crippen LogP contribution in [0.5, 0.6) is 0 Å². The van der Waals surface area contributed by atoms with Crippen LogP contribution in [0.2, 0.25) is 0 Å². The number of aliphatic hydroxyl groups excluding tert-OH is 1. The zero-order chi connectivity index (χ0) is 26.7. The molecule has 0 aromatic carbocycles. The lowest BCUT2D eigenvalue weighted by Crippen LogP contribution is -2.44. The summed E-state index contributed by atoms with van der Waals surface area (Å²) in [6.45, 7) is 4.97. The van der Waals surface area contributed by atoms with Crippen LogP contribution < -0.4 is 10.0 Å². The number of hydrogen-bond acceptors (Lipinski definition) is 7. The zero-order valence-electron chi connectivity index (χ0n) is 21.2. The van der Waals surface area contributed by atoms with E-state index >= 15 is 0 Å². The molecule has 0 atom stereocenters. The Morgan fingerprint density at radius 1 is 1.27 bits per heavy atom. The molecule has 37 heavy (non-hydrogen) atoms. The van der Waals surface area contributed by atoms with Crippen molar-refractivity contribution in [1.29, 1.82) is 5.41 Å². The van der Waals surface area contributed by atoms with Crippen LogP contribution in [0.1, 0.15) is 61.3 Å². The Labute approximate surface area is 215 Å². The van der Waals surface area contributed by atoms with Crippen LogP contribution in [0.25, 0.3) is 5.70 Å². The number of hydrogen-bond donors (Lipinski definition) is 5. The van der Waals surface area contributed by atoms with Gasteiger partial charge in [0, 0.05) is 53.5 Å². The van der Waals surface area contributed by atoms with E-state index in [4.69, 9.17) is 5.41 Å². The minimum atomic E-state index is -1.12. The molecule has 10 heteroatoms. The molecule has 2 heterocycles. The normalized spacial score (nSPS) is 21.8. The summed E-state index contributed by atoms with van der Waals surface area (Å²) in [5.74, 6) is -0.270. The van der Waals surface area contributed by atoms with Crippen LogP contribution in [0, 0.1) is 18.3 Å². The molecule has 0 saturated heterocycles. The molecule has 5 N–H and O–H groups in total. The molecule has 0 unspecified atom stereocenters. The van der Waals surface area contributed by atoms with E-state index in [0.29, 0.717) is 28.2 Å². The van der Waals surface area contributed by atoms with Crippen LogP contribution in [0.15, 0.2) is 65.2 Å². The van der Waals surface area contributed by atoms with E-state index in [1.54, 1.807) is 57.5 Å². The number of allylic oxidation sites excluding steroid dienone is 4. The SMILES string of the molecule is Cc1cccc(C(=O)NC2=C/C(=C/N=C/C3CCC(O)CC3)C(=N)C=C2n2cc(C(C)(C)O)cn2)[n+]1O. The first-order valence-corrected chi connectivity index (χ1v) is 12.3. The average Bonchev–Trinajstić information content (AvgIpc) is 3.34. The number of aliphatic hydroxyl groups is 2. The van der Waals surface area contributed by atoms with Gasteiger partial charge in [0.15, 0.2) is 0 Å². The smallest absolute Gasteiger partial charge is 0.325 e. The molecule has 194 valence electrons. The molecular weight excluding hydrogens is 472 g/mol. The first-order chi connectivity index (χ1) is 17.5. The molecule has 0 radical (unpaired) electrons. The molecule has 1 fully saturated rings. The molecule has 4 rings (SSSR count). The lowest BCUT2D eigenvalue weighted by atomic mass is 9.88. The Morgan fingerprint density at radius 3 is 2.68 bits per heavy atom. The number of aliphatic imine (C=N–C) groups is 1. The molecule has 1 saturated carbocycles. The van der Waals surface area contributed by atoms with E-state index in [9.17, 15) is 20.2 Å². The number of nitrogens with zero attached hydrogens (tertiary/aromatic N) is 4. The molecule has 0 spiro atoms. The topological polar surface area (TPSA) is 148 Å². The molecule has 2 aromatic rings. The lowest BCUT2D eigenvalue weighted by molar-refractivity contribution is -0.909. The predicted octanol–water partition coefficient (Wildman–Crippen LogP) is 2.64. The number of aryl methyl sites for hydroxylation is 1. The van der Waals surface area contributed by atoms with E-state index < -0.39 is 11.5 Å². The van der Waals surface area contributed by atoms with E-state index in [-0.39, 0.29) is 23.4 Å². The molecule has 10 nitrogen and oxygen atoms in total. The highest BCUT2D eigenvalue weighted by Gasteiger charge is 2.27. The maximum absolute atomic E-state index is 13.1. The second-order valence-corrected chi connectivity index (χ2v) is 10.0. The fraction of sp³-hybridized carbons (Fsp3) is 0.370. The summed E-state index contributed by atoms with van der Waals surface area (Å²) in [5.41, 5.74) is 1.44. The minimum absolute atomic E-state index is 0.0431. The molecule has 2 aromatic heterocycles. The van der Waals surface area contributed by atoms with Gasteiger partial charge in [-0.15, -0.1) is 0 Å². The number of aromatic nitrogens is 3. The van der Waals surface area contributed by atoms with E-state index in [2.05, 4.69) is 15.4 Å². The number of carbonyl (C=O) groups is 1. The van der Waals surface area contributed by atoms with Gasteiger partial charge in [0.2, 0.25) is 5.69 Å². The molecule has 2 aliphatic carbocycles. The van der Waals surface area contributed by atoms with Crippen LogP contribution in [0.3, 0.4) is 0 Å². The third kappa shape index (κ3) is 6.10. The van der Waals surface area contributed by atoms with Crippen molar-refractivity contribution in [3.63, 3.8) is 0 Å². The molecule has 2 aliphatic rings. The number of nitrogens with one attached hydrogen (secondary N) is 2. The number of amides is 1. The van der Waals surface area contributed by atoms with Gasteiger partial charge in [-0.3, -0.25) is 15.0 Å². The Kier molecular flexibility index (Phi) is 7.51. The van der Waals surface area contributed by atoms with Crippen LogP contribution in [0.4, 0.5) is 0 Å². The van der Waals surface area contributed by atoms with Crippen molar-refractivity contribution in [3.8, 4) is 0 Å². The summed E-state index contributed by atoms with van der Waals surface area (Å²) in [7, 11) is 0. The van der Waals surface area contributed by atoms with Gasteiger partial charge in [0.25, 0.3) is 0 Å².